The number of fused-ring (bicyclic) bond motifs is 2. The van der Waals surface area contributed by atoms with Gasteiger partial charge in [-0.15, -0.1) is 0 Å². The van der Waals surface area contributed by atoms with Gasteiger partial charge in [-0.3, -0.25) is 23.6 Å². The maximum atomic E-state index is 13.9. The van der Waals surface area contributed by atoms with Crippen LogP contribution in [0.5, 0.6) is 0 Å². The number of thioether (sulfide) groups is 1. The Labute approximate surface area is 265 Å². The van der Waals surface area contributed by atoms with Gasteiger partial charge in [0.2, 0.25) is 11.8 Å². The van der Waals surface area contributed by atoms with Crippen LogP contribution in [0.2, 0.25) is 0 Å². The molecule has 3 amide bonds. The van der Waals surface area contributed by atoms with Gasteiger partial charge in [-0.05, 0) is 42.9 Å². The Morgan fingerprint density at radius 1 is 1.02 bits per heavy atom. The summed E-state index contributed by atoms with van der Waals surface area (Å²) in [6.45, 7) is 4.64. The molecule has 4 heterocycles. The number of nitrogens with one attached hydrogen (secondary N) is 2. The molecule has 3 aromatic heterocycles. The monoisotopic (exact) mass is 630 g/mol. The van der Waals surface area contributed by atoms with E-state index in [2.05, 4.69) is 15.6 Å². The molecule has 1 aliphatic heterocycles. The van der Waals surface area contributed by atoms with E-state index < -0.39 is 23.6 Å². The SMILES string of the molecule is CSCC[C@@H]1NC(=O)CCCN(C(=O)c2cnc3ccccn3c2=O)CCn2nc(-c3ccccc3)nc2[C@@H](C(C)C)NC1=O. The Kier molecular flexibility index (Phi) is 10.3. The Hall–Kier alpha value is -4.52. The summed E-state index contributed by atoms with van der Waals surface area (Å²) in [5.74, 6) is 0.646. The van der Waals surface area contributed by atoms with E-state index in [4.69, 9.17) is 10.1 Å². The molecule has 5 rings (SSSR count). The minimum Gasteiger partial charge on any atom is -0.344 e. The van der Waals surface area contributed by atoms with Crippen LogP contribution in [-0.4, -0.2) is 77.9 Å². The number of carbonyl (C=O) groups excluding carboxylic acids is 3. The van der Waals surface area contributed by atoms with Crippen molar-refractivity contribution in [2.24, 2.45) is 5.92 Å². The molecule has 0 aliphatic carbocycles. The van der Waals surface area contributed by atoms with Gasteiger partial charge in [0.15, 0.2) is 11.6 Å². The Balaban J connectivity index is 1.54. The molecule has 0 saturated carbocycles. The molecule has 12 nitrogen and oxygen atoms in total. The van der Waals surface area contributed by atoms with Crippen molar-refractivity contribution in [2.75, 3.05) is 25.1 Å². The first kappa shape index (κ1) is 31.9. The number of rotatable bonds is 6. The first-order valence-corrected chi connectivity index (χ1v) is 16.5. The normalized spacial score (nSPS) is 18.3. The second kappa shape index (κ2) is 14.5. The zero-order chi connectivity index (χ0) is 31.9. The lowest BCUT2D eigenvalue weighted by Gasteiger charge is -2.28. The highest BCUT2D eigenvalue weighted by molar-refractivity contribution is 7.98. The summed E-state index contributed by atoms with van der Waals surface area (Å²) in [6, 6.07) is 13.5. The maximum Gasteiger partial charge on any atom is 0.270 e. The van der Waals surface area contributed by atoms with Crippen LogP contribution in [0.4, 0.5) is 0 Å². The average molecular weight is 631 g/mol. The van der Waals surface area contributed by atoms with Crippen molar-refractivity contribution >= 4 is 35.1 Å². The molecule has 0 unspecified atom stereocenters. The summed E-state index contributed by atoms with van der Waals surface area (Å²) in [7, 11) is 0. The van der Waals surface area contributed by atoms with Crippen molar-refractivity contribution in [1.82, 2.24) is 39.7 Å². The highest BCUT2D eigenvalue weighted by Gasteiger charge is 2.30. The molecule has 13 heteroatoms. The predicted octanol–water partition coefficient (Wildman–Crippen LogP) is 2.94. The molecular weight excluding hydrogens is 592 g/mol. The Bertz CT molecular complexity index is 1720. The van der Waals surface area contributed by atoms with Crippen molar-refractivity contribution < 1.29 is 14.4 Å². The summed E-state index contributed by atoms with van der Waals surface area (Å²) in [4.78, 5) is 64.5. The van der Waals surface area contributed by atoms with Crippen LogP contribution >= 0.6 is 11.8 Å². The van der Waals surface area contributed by atoms with E-state index in [9.17, 15) is 19.2 Å². The fourth-order valence-corrected chi connectivity index (χ4v) is 5.79. The number of carbonyl (C=O) groups is 3. The Morgan fingerprint density at radius 3 is 2.56 bits per heavy atom. The van der Waals surface area contributed by atoms with Crippen molar-refractivity contribution in [2.45, 2.75) is 51.7 Å². The van der Waals surface area contributed by atoms with Gasteiger partial charge >= 0.3 is 0 Å². The van der Waals surface area contributed by atoms with E-state index in [1.54, 1.807) is 45.7 Å². The zero-order valence-corrected chi connectivity index (χ0v) is 26.5. The molecule has 2 atom stereocenters. The maximum absolute atomic E-state index is 13.9. The third kappa shape index (κ3) is 7.42. The first-order valence-electron chi connectivity index (χ1n) is 15.1. The molecule has 0 fully saturated rings. The highest BCUT2D eigenvalue weighted by atomic mass is 32.2. The number of benzene rings is 1. The summed E-state index contributed by atoms with van der Waals surface area (Å²) in [5, 5.41) is 10.9. The third-order valence-corrected chi connectivity index (χ3v) is 8.43. The topological polar surface area (TPSA) is 144 Å². The third-order valence-electron chi connectivity index (χ3n) is 7.78. The average Bonchev–Trinajstić information content (AvgIpc) is 3.47. The highest BCUT2D eigenvalue weighted by Crippen LogP contribution is 2.25. The summed E-state index contributed by atoms with van der Waals surface area (Å²) >= 11 is 1.60. The van der Waals surface area contributed by atoms with Crippen LogP contribution < -0.4 is 16.2 Å². The van der Waals surface area contributed by atoms with Gasteiger partial charge in [0.05, 0.1) is 12.6 Å². The standard InChI is InChI=1S/C32H38N8O4S/c1-21(2)27-29-36-28(22-10-5-4-6-11-22)37-40(29)18-17-38(15-9-13-26(41)34-24(14-19-45-3)30(42)35-27)31(43)23-20-33-25-12-7-8-16-39(25)32(23)44/h4-8,10-12,16,20-21,24,27H,9,13-15,17-19H2,1-3H3,(H,34,41)(H,35,42)/t24-,27+/m0/s1. The van der Waals surface area contributed by atoms with E-state index in [1.807, 2.05) is 50.4 Å². The lowest BCUT2D eigenvalue weighted by molar-refractivity contribution is -0.129. The first-order chi connectivity index (χ1) is 21.8. The molecule has 4 aromatic rings. The molecular formula is C32H38N8O4S. The molecule has 45 heavy (non-hydrogen) atoms. The molecule has 0 bridgehead atoms. The van der Waals surface area contributed by atoms with Crippen molar-refractivity contribution in [3.8, 4) is 11.4 Å². The van der Waals surface area contributed by atoms with E-state index >= 15 is 0 Å². The minimum absolute atomic E-state index is 0.0579. The second-order valence-corrected chi connectivity index (χ2v) is 12.3. The number of hydrogen-bond acceptors (Lipinski definition) is 8. The quantitative estimate of drug-likeness (QED) is 0.331. The van der Waals surface area contributed by atoms with Crippen LogP contribution in [0, 0.1) is 5.92 Å². The van der Waals surface area contributed by atoms with E-state index in [-0.39, 0.29) is 49.4 Å². The van der Waals surface area contributed by atoms with Crippen LogP contribution in [0.15, 0.2) is 65.7 Å². The number of aromatic nitrogens is 5. The van der Waals surface area contributed by atoms with Crippen LogP contribution in [0.1, 0.15) is 55.3 Å². The van der Waals surface area contributed by atoms with Crippen LogP contribution in [0.3, 0.4) is 0 Å². The fraction of sp³-hybridized carbons (Fsp3) is 0.406. The lowest BCUT2D eigenvalue weighted by Crippen LogP contribution is -2.49. The molecule has 236 valence electrons. The zero-order valence-electron chi connectivity index (χ0n) is 25.7. The number of hydrogen-bond donors (Lipinski definition) is 2. The smallest absolute Gasteiger partial charge is 0.270 e. The second-order valence-electron chi connectivity index (χ2n) is 11.3. The van der Waals surface area contributed by atoms with Gasteiger partial charge in [0.1, 0.15) is 17.3 Å². The number of nitrogens with zero attached hydrogens (tertiary/aromatic N) is 6. The molecule has 2 N–H and O–H groups in total. The van der Waals surface area contributed by atoms with Gasteiger partial charge in [-0.2, -0.15) is 16.9 Å². The van der Waals surface area contributed by atoms with Crippen molar-refractivity contribution in [3.63, 3.8) is 0 Å². The van der Waals surface area contributed by atoms with Crippen molar-refractivity contribution in [3.05, 3.63) is 82.7 Å². The van der Waals surface area contributed by atoms with E-state index in [0.29, 0.717) is 35.9 Å². The molecule has 0 radical (unpaired) electrons. The largest absolute Gasteiger partial charge is 0.344 e. The molecule has 1 aromatic carbocycles. The number of amides is 3. The minimum atomic E-state index is -0.722. The Morgan fingerprint density at radius 2 is 1.80 bits per heavy atom. The van der Waals surface area contributed by atoms with Crippen LogP contribution in [0.25, 0.3) is 17.0 Å². The predicted molar refractivity (Wildman–Crippen MR) is 173 cm³/mol. The number of pyridine rings is 1. The van der Waals surface area contributed by atoms with Gasteiger partial charge in [-0.1, -0.05) is 50.2 Å². The molecule has 0 spiro atoms. The van der Waals surface area contributed by atoms with Crippen LogP contribution in [-0.2, 0) is 16.1 Å². The summed E-state index contributed by atoms with van der Waals surface area (Å²) in [5.41, 5.74) is 0.736. The van der Waals surface area contributed by atoms with Gasteiger partial charge in [0, 0.05) is 37.5 Å². The lowest BCUT2D eigenvalue weighted by atomic mass is 10.0. The van der Waals surface area contributed by atoms with Gasteiger partial charge < -0.3 is 15.5 Å². The van der Waals surface area contributed by atoms with Gasteiger partial charge in [-0.25, -0.2) is 14.6 Å². The fourth-order valence-electron chi connectivity index (χ4n) is 5.32. The molecule has 1 aliphatic rings. The van der Waals surface area contributed by atoms with Gasteiger partial charge in [0.25, 0.3) is 11.5 Å². The molecule has 0 saturated heterocycles. The van der Waals surface area contributed by atoms with E-state index in [1.165, 1.54) is 10.6 Å². The van der Waals surface area contributed by atoms with E-state index in [0.717, 1.165) is 5.56 Å². The summed E-state index contributed by atoms with van der Waals surface area (Å²) in [6.07, 6.45) is 5.76. The summed E-state index contributed by atoms with van der Waals surface area (Å²) < 4.78 is 3.08. The van der Waals surface area contributed by atoms with Crippen molar-refractivity contribution in [1.29, 1.82) is 0 Å².